The Morgan fingerprint density at radius 1 is 0.727 bits per heavy atom. The summed E-state index contributed by atoms with van der Waals surface area (Å²) >= 11 is 0. The van der Waals surface area contributed by atoms with Crippen LogP contribution in [-0.2, 0) is 0 Å². The molecule has 0 aliphatic rings. The average Bonchev–Trinajstić information content (AvgIpc) is 2.58. The second-order valence-electron chi connectivity index (χ2n) is 5.72. The van der Waals surface area contributed by atoms with Crippen molar-refractivity contribution >= 4 is 0 Å². The number of rotatable bonds is 10. The summed E-state index contributed by atoms with van der Waals surface area (Å²) in [6.07, 6.45) is 9.93. The standard InChI is InChI=1S/C21H27O/c1-2-3-4-5-6-13-18-21(19-14-9-7-10-15-19)22-20-16-11-8-12-17-20/h7-12,14-17H,2-6,13,18H2,1H3. The third-order valence-electron chi connectivity index (χ3n) is 3.84. The van der Waals surface area contributed by atoms with Gasteiger partial charge in [0.2, 0.25) is 0 Å². The molecule has 22 heavy (non-hydrogen) atoms. The number of benzene rings is 2. The lowest BCUT2D eigenvalue weighted by atomic mass is 10.0. The summed E-state index contributed by atoms with van der Waals surface area (Å²) in [6, 6.07) is 20.6. The van der Waals surface area contributed by atoms with Crippen molar-refractivity contribution in [2.45, 2.75) is 51.9 Å². The van der Waals surface area contributed by atoms with Crippen molar-refractivity contribution in [3.8, 4) is 5.75 Å². The van der Waals surface area contributed by atoms with E-state index in [0.29, 0.717) is 0 Å². The van der Waals surface area contributed by atoms with E-state index in [1.165, 1.54) is 44.1 Å². The monoisotopic (exact) mass is 295 g/mol. The number of ether oxygens (including phenoxy) is 1. The molecule has 2 aromatic carbocycles. The first kappa shape index (κ1) is 16.6. The highest BCUT2D eigenvalue weighted by atomic mass is 16.5. The van der Waals surface area contributed by atoms with Crippen LogP contribution in [0.5, 0.6) is 5.75 Å². The van der Waals surface area contributed by atoms with E-state index in [2.05, 4.69) is 31.2 Å². The smallest absolute Gasteiger partial charge is 0.177 e. The van der Waals surface area contributed by atoms with Gasteiger partial charge < -0.3 is 4.74 Å². The fourth-order valence-electron chi connectivity index (χ4n) is 2.58. The van der Waals surface area contributed by atoms with Gasteiger partial charge in [0, 0.05) is 0 Å². The molecule has 0 spiro atoms. The van der Waals surface area contributed by atoms with Crippen LogP contribution in [0.2, 0.25) is 0 Å². The van der Waals surface area contributed by atoms with Gasteiger partial charge in [-0.2, -0.15) is 0 Å². The van der Waals surface area contributed by atoms with Gasteiger partial charge in [0.25, 0.3) is 0 Å². The van der Waals surface area contributed by atoms with Gasteiger partial charge in [-0.05, 0) is 30.5 Å². The maximum absolute atomic E-state index is 6.14. The van der Waals surface area contributed by atoms with Crippen LogP contribution in [0.3, 0.4) is 0 Å². The van der Waals surface area contributed by atoms with Crippen LogP contribution in [0.4, 0.5) is 0 Å². The second kappa shape index (κ2) is 10.0. The summed E-state index contributed by atoms with van der Waals surface area (Å²) in [6.45, 7) is 2.26. The number of unbranched alkanes of at least 4 members (excludes halogenated alkanes) is 5. The zero-order chi connectivity index (χ0) is 15.5. The Hall–Kier alpha value is -1.76. The van der Waals surface area contributed by atoms with Gasteiger partial charge in [0.05, 0.1) is 0 Å². The van der Waals surface area contributed by atoms with Gasteiger partial charge in [-0.15, -0.1) is 0 Å². The van der Waals surface area contributed by atoms with Crippen molar-refractivity contribution in [2.24, 2.45) is 0 Å². The third kappa shape index (κ3) is 5.93. The van der Waals surface area contributed by atoms with Gasteiger partial charge in [-0.1, -0.05) is 87.6 Å². The van der Waals surface area contributed by atoms with Crippen LogP contribution in [0.1, 0.15) is 57.4 Å². The van der Waals surface area contributed by atoms with Crippen molar-refractivity contribution in [2.75, 3.05) is 0 Å². The normalized spacial score (nSPS) is 10.8. The van der Waals surface area contributed by atoms with Crippen molar-refractivity contribution < 1.29 is 4.74 Å². The number of hydrogen-bond acceptors (Lipinski definition) is 1. The van der Waals surface area contributed by atoms with Crippen LogP contribution in [-0.4, -0.2) is 0 Å². The lowest BCUT2D eigenvalue weighted by Gasteiger charge is -2.18. The Morgan fingerprint density at radius 3 is 2.00 bits per heavy atom. The predicted molar refractivity (Wildman–Crippen MR) is 93.9 cm³/mol. The van der Waals surface area contributed by atoms with E-state index < -0.39 is 0 Å². The van der Waals surface area contributed by atoms with E-state index in [-0.39, 0.29) is 0 Å². The molecular weight excluding hydrogens is 268 g/mol. The lowest BCUT2D eigenvalue weighted by Crippen LogP contribution is -2.08. The maximum Gasteiger partial charge on any atom is 0.177 e. The quantitative estimate of drug-likeness (QED) is 0.461. The molecular formula is C21H27O. The van der Waals surface area contributed by atoms with E-state index in [1.807, 2.05) is 36.4 Å². The minimum Gasteiger partial charge on any atom is -0.478 e. The minimum absolute atomic E-state index is 0.923. The zero-order valence-corrected chi connectivity index (χ0v) is 13.6. The average molecular weight is 295 g/mol. The molecule has 0 aliphatic heterocycles. The molecule has 2 rings (SSSR count). The fourth-order valence-corrected chi connectivity index (χ4v) is 2.58. The van der Waals surface area contributed by atoms with Crippen LogP contribution in [0.15, 0.2) is 60.7 Å². The number of para-hydroxylation sites is 1. The maximum atomic E-state index is 6.14. The largest absolute Gasteiger partial charge is 0.478 e. The van der Waals surface area contributed by atoms with E-state index in [4.69, 9.17) is 4.74 Å². The van der Waals surface area contributed by atoms with Crippen molar-refractivity contribution in [3.05, 3.63) is 72.3 Å². The SMILES string of the molecule is CCCCCCCC[C](Oc1ccccc1)c1ccccc1. The van der Waals surface area contributed by atoms with Gasteiger partial charge in [0.1, 0.15) is 5.75 Å². The Kier molecular flexibility index (Phi) is 7.59. The fraction of sp³-hybridized carbons (Fsp3) is 0.381. The van der Waals surface area contributed by atoms with Crippen LogP contribution in [0, 0.1) is 6.10 Å². The van der Waals surface area contributed by atoms with E-state index in [9.17, 15) is 0 Å². The van der Waals surface area contributed by atoms with E-state index in [1.54, 1.807) is 0 Å². The third-order valence-corrected chi connectivity index (χ3v) is 3.84. The molecule has 0 N–H and O–H groups in total. The molecule has 0 unspecified atom stereocenters. The Labute approximate surface area is 135 Å². The Morgan fingerprint density at radius 2 is 1.32 bits per heavy atom. The lowest BCUT2D eigenvalue weighted by molar-refractivity contribution is 0.326. The molecule has 0 heterocycles. The van der Waals surface area contributed by atoms with E-state index in [0.717, 1.165) is 18.3 Å². The molecule has 1 nitrogen and oxygen atoms in total. The molecule has 0 amide bonds. The van der Waals surface area contributed by atoms with Crippen LogP contribution in [0.25, 0.3) is 0 Å². The molecule has 0 saturated carbocycles. The molecule has 0 saturated heterocycles. The van der Waals surface area contributed by atoms with Gasteiger partial charge in [-0.25, -0.2) is 0 Å². The molecule has 0 aliphatic carbocycles. The summed E-state index contributed by atoms with van der Waals surface area (Å²) in [7, 11) is 0. The summed E-state index contributed by atoms with van der Waals surface area (Å²) in [5, 5.41) is 0. The number of hydrogen-bond donors (Lipinski definition) is 0. The summed E-state index contributed by atoms with van der Waals surface area (Å²) in [5.41, 5.74) is 1.19. The Bertz CT molecular complexity index is 492. The summed E-state index contributed by atoms with van der Waals surface area (Å²) in [5.74, 6) is 0.923. The van der Waals surface area contributed by atoms with E-state index >= 15 is 0 Å². The topological polar surface area (TPSA) is 9.23 Å². The van der Waals surface area contributed by atoms with Crippen molar-refractivity contribution in [1.29, 1.82) is 0 Å². The minimum atomic E-state index is 0.923. The second-order valence-corrected chi connectivity index (χ2v) is 5.72. The van der Waals surface area contributed by atoms with Crippen molar-refractivity contribution in [1.82, 2.24) is 0 Å². The highest BCUT2D eigenvalue weighted by Gasteiger charge is 2.14. The van der Waals surface area contributed by atoms with Gasteiger partial charge in [0.15, 0.2) is 6.10 Å². The molecule has 1 radical (unpaired) electrons. The zero-order valence-electron chi connectivity index (χ0n) is 13.6. The van der Waals surface area contributed by atoms with Gasteiger partial charge in [-0.3, -0.25) is 0 Å². The highest BCUT2D eigenvalue weighted by Crippen LogP contribution is 2.26. The first-order chi connectivity index (χ1) is 10.9. The first-order valence-electron chi connectivity index (χ1n) is 8.54. The van der Waals surface area contributed by atoms with Crippen LogP contribution < -0.4 is 4.74 Å². The predicted octanol–water partition coefficient (Wildman–Crippen LogP) is 6.40. The summed E-state index contributed by atoms with van der Waals surface area (Å²) < 4.78 is 6.14. The molecule has 0 atom stereocenters. The molecule has 0 aromatic heterocycles. The summed E-state index contributed by atoms with van der Waals surface area (Å²) in [4.78, 5) is 0. The molecule has 1 heteroatoms. The van der Waals surface area contributed by atoms with Gasteiger partial charge >= 0.3 is 0 Å². The molecule has 117 valence electrons. The molecule has 0 fully saturated rings. The molecule has 2 aromatic rings. The van der Waals surface area contributed by atoms with Crippen molar-refractivity contribution in [3.63, 3.8) is 0 Å². The molecule has 0 bridgehead atoms. The Balaban J connectivity index is 1.88. The first-order valence-corrected chi connectivity index (χ1v) is 8.54. The van der Waals surface area contributed by atoms with Crippen LogP contribution >= 0.6 is 0 Å². The highest BCUT2D eigenvalue weighted by molar-refractivity contribution is 5.31.